The van der Waals surface area contributed by atoms with Gasteiger partial charge in [0, 0.05) is 19.0 Å². The Labute approximate surface area is 147 Å². The van der Waals surface area contributed by atoms with E-state index < -0.39 is 13.3 Å². The first-order chi connectivity index (χ1) is 11.9. The lowest BCUT2D eigenvalue weighted by molar-refractivity contribution is -0.177. The molecule has 1 atom stereocenters. The van der Waals surface area contributed by atoms with Crippen LogP contribution >= 0.6 is 7.37 Å². The maximum absolute atomic E-state index is 12.7. The van der Waals surface area contributed by atoms with Crippen LogP contribution in [0.5, 0.6) is 5.75 Å². The van der Waals surface area contributed by atoms with Crippen molar-refractivity contribution in [3.05, 3.63) is 30.3 Å². The van der Waals surface area contributed by atoms with Gasteiger partial charge in [0.1, 0.15) is 11.5 Å². The molecular formula is C17H25N2O5P. The van der Waals surface area contributed by atoms with Crippen LogP contribution in [0.25, 0.3) is 0 Å². The van der Waals surface area contributed by atoms with Crippen molar-refractivity contribution in [1.82, 2.24) is 10.4 Å². The highest BCUT2D eigenvalue weighted by molar-refractivity contribution is 7.59. The predicted molar refractivity (Wildman–Crippen MR) is 94.0 cm³/mol. The molecule has 0 radical (unpaired) electrons. The summed E-state index contributed by atoms with van der Waals surface area (Å²) in [6, 6.07) is 8.57. The molecule has 1 aromatic carbocycles. The first-order valence-corrected chi connectivity index (χ1v) is 10.5. The minimum Gasteiger partial charge on any atom is -0.442 e. The molecular weight excluding hydrogens is 343 g/mol. The standard InChI is InChI=1S/C17H25N2O5P/c1-2-25(23,24-16-6-4-3-5-7-16)13-18-12-17(21)19(22)14-8-10-15(20)11-9-14/h3-7,14,18,22H,2,8-13H2,1H3. The maximum Gasteiger partial charge on any atom is 0.261 e. The second kappa shape index (κ2) is 9.13. The van der Waals surface area contributed by atoms with Gasteiger partial charge in [0.15, 0.2) is 0 Å². The lowest BCUT2D eigenvalue weighted by atomic mass is 9.94. The van der Waals surface area contributed by atoms with Crippen LogP contribution in [-0.2, 0) is 14.2 Å². The molecule has 0 bridgehead atoms. The van der Waals surface area contributed by atoms with Crippen LogP contribution in [0.2, 0.25) is 0 Å². The van der Waals surface area contributed by atoms with Gasteiger partial charge in [0.2, 0.25) is 0 Å². The number of benzene rings is 1. The lowest BCUT2D eigenvalue weighted by Gasteiger charge is -2.28. The van der Waals surface area contributed by atoms with Crippen LogP contribution < -0.4 is 9.84 Å². The van der Waals surface area contributed by atoms with Gasteiger partial charge in [0.25, 0.3) is 13.3 Å². The van der Waals surface area contributed by atoms with E-state index in [2.05, 4.69) is 5.32 Å². The number of hydrogen-bond donors (Lipinski definition) is 2. The topological polar surface area (TPSA) is 95.9 Å². The molecule has 2 rings (SSSR count). The van der Waals surface area contributed by atoms with E-state index in [0.717, 1.165) is 0 Å². The van der Waals surface area contributed by atoms with Gasteiger partial charge in [0.05, 0.1) is 18.9 Å². The SMILES string of the molecule is CCP(=O)(CNCC(=O)N(O)C1CCC(=O)CC1)Oc1ccccc1. The Kier molecular flexibility index (Phi) is 7.17. The summed E-state index contributed by atoms with van der Waals surface area (Å²) in [5.41, 5.74) is 0. The number of carbonyl (C=O) groups is 2. The van der Waals surface area contributed by atoms with E-state index in [1.807, 2.05) is 6.07 Å². The van der Waals surface area contributed by atoms with Crippen molar-refractivity contribution >= 4 is 19.1 Å². The van der Waals surface area contributed by atoms with Gasteiger partial charge in [-0.25, -0.2) is 5.06 Å². The third-order valence-electron chi connectivity index (χ3n) is 4.24. The molecule has 0 heterocycles. The molecule has 138 valence electrons. The van der Waals surface area contributed by atoms with Crippen molar-refractivity contribution in [2.24, 2.45) is 0 Å². The molecule has 0 aromatic heterocycles. The molecule has 1 fully saturated rings. The van der Waals surface area contributed by atoms with E-state index in [0.29, 0.717) is 42.7 Å². The number of nitrogens with one attached hydrogen (secondary N) is 1. The van der Waals surface area contributed by atoms with Crippen LogP contribution in [0.4, 0.5) is 0 Å². The number of hydrogen-bond acceptors (Lipinski definition) is 6. The zero-order chi connectivity index (χ0) is 18.3. The second-order valence-corrected chi connectivity index (χ2v) is 8.89. The number of rotatable bonds is 8. The normalized spacial score (nSPS) is 17.8. The van der Waals surface area contributed by atoms with Crippen LogP contribution in [-0.4, -0.2) is 47.0 Å². The second-order valence-electron chi connectivity index (χ2n) is 6.13. The van der Waals surface area contributed by atoms with E-state index in [9.17, 15) is 19.4 Å². The largest absolute Gasteiger partial charge is 0.442 e. The molecule has 0 saturated heterocycles. The number of Topliss-reactive ketones (excluding diaryl/α,β-unsaturated/α-hetero) is 1. The lowest BCUT2D eigenvalue weighted by Crippen LogP contribution is -2.44. The Morgan fingerprint density at radius 1 is 1.32 bits per heavy atom. The molecule has 1 amide bonds. The fourth-order valence-corrected chi connectivity index (χ4v) is 4.04. The van der Waals surface area contributed by atoms with Gasteiger partial charge in [-0.05, 0) is 25.0 Å². The van der Waals surface area contributed by atoms with Gasteiger partial charge >= 0.3 is 0 Å². The van der Waals surface area contributed by atoms with Crippen molar-refractivity contribution < 1.29 is 23.9 Å². The van der Waals surface area contributed by atoms with E-state index >= 15 is 0 Å². The molecule has 7 nitrogen and oxygen atoms in total. The highest BCUT2D eigenvalue weighted by Gasteiger charge is 2.28. The Morgan fingerprint density at radius 2 is 1.96 bits per heavy atom. The van der Waals surface area contributed by atoms with Gasteiger partial charge in [-0.15, -0.1) is 0 Å². The van der Waals surface area contributed by atoms with Crippen LogP contribution in [0.3, 0.4) is 0 Å². The molecule has 1 aromatic rings. The Balaban J connectivity index is 1.80. The summed E-state index contributed by atoms with van der Waals surface area (Å²) in [6.07, 6.45) is 2.10. The van der Waals surface area contributed by atoms with Crippen molar-refractivity contribution in [3.8, 4) is 5.75 Å². The molecule has 1 aliphatic rings. The number of carbonyl (C=O) groups excluding carboxylic acids is 2. The minimum atomic E-state index is -2.96. The number of para-hydroxylation sites is 1. The van der Waals surface area contributed by atoms with Crippen LogP contribution in [0.1, 0.15) is 32.6 Å². The molecule has 0 aliphatic heterocycles. The zero-order valence-corrected chi connectivity index (χ0v) is 15.3. The van der Waals surface area contributed by atoms with Gasteiger partial charge in [-0.2, -0.15) is 0 Å². The smallest absolute Gasteiger partial charge is 0.261 e. The fraction of sp³-hybridized carbons (Fsp3) is 0.529. The third-order valence-corrected chi connectivity index (χ3v) is 6.45. The van der Waals surface area contributed by atoms with E-state index in [1.54, 1.807) is 31.2 Å². The number of nitrogens with zero attached hydrogens (tertiary/aromatic N) is 1. The molecule has 25 heavy (non-hydrogen) atoms. The highest BCUT2D eigenvalue weighted by atomic mass is 31.2. The van der Waals surface area contributed by atoms with Gasteiger partial charge in [-0.3, -0.25) is 24.7 Å². The molecule has 1 aliphatic carbocycles. The monoisotopic (exact) mass is 368 g/mol. The van der Waals surface area contributed by atoms with E-state index in [4.69, 9.17) is 4.52 Å². The number of amides is 1. The van der Waals surface area contributed by atoms with Gasteiger partial charge < -0.3 is 4.52 Å². The highest BCUT2D eigenvalue weighted by Crippen LogP contribution is 2.45. The molecule has 1 saturated carbocycles. The molecule has 1 unspecified atom stereocenters. The minimum absolute atomic E-state index is 0.0428. The summed E-state index contributed by atoms with van der Waals surface area (Å²) in [6.45, 7) is 1.63. The molecule has 2 N–H and O–H groups in total. The fourth-order valence-electron chi connectivity index (χ4n) is 2.67. The van der Waals surface area contributed by atoms with Crippen molar-refractivity contribution in [1.29, 1.82) is 0 Å². The Morgan fingerprint density at radius 3 is 2.56 bits per heavy atom. The van der Waals surface area contributed by atoms with Crippen LogP contribution in [0, 0.1) is 0 Å². The molecule has 8 heteroatoms. The third kappa shape index (κ3) is 5.96. The first kappa shape index (κ1) is 19.6. The summed E-state index contributed by atoms with van der Waals surface area (Å²) in [7, 11) is -2.96. The summed E-state index contributed by atoms with van der Waals surface area (Å²) in [5.74, 6) is 0.190. The number of hydroxylamine groups is 2. The van der Waals surface area contributed by atoms with E-state index in [-0.39, 0.29) is 24.7 Å². The average molecular weight is 368 g/mol. The maximum atomic E-state index is 12.7. The van der Waals surface area contributed by atoms with Crippen molar-refractivity contribution in [2.75, 3.05) is 19.0 Å². The zero-order valence-electron chi connectivity index (χ0n) is 14.4. The van der Waals surface area contributed by atoms with Crippen molar-refractivity contribution in [2.45, 2.75) is 38.6 Å². The van der Waals surface area contributed by atoms with Crippen molar-refractivity contribution in [3.63, 3.8) is 0 Å². The summed E-state index contributed by atoms with van der Waals surface area (Å²) >= 11 is 0. The first-order valence-electron chi connectivity index (χ1n) is 8.49. The predicted octanol–water partition coefficient (Wildman–Crippen LogP) is 2.64. The number of ketones is 1. The van der Waals surface area contributed by atoms with Gasteiger partial charge in [-0.1, -0.05) is 25.1 Å². The van der Waals surface area contributed by atoms with E-state index in [1.165, 1.54) is 0 Å². The Hall–Kier alpha value is -1.69. The molecule has 0 spiro atoms. The summed E-state index contributed by atoms with van der Waals surface area (Å²) in [5, 5.41) is 13.5. The summed E-state index contributed by atoms with van der Waals surface area (Å²) in [4.78, 5) is 23.3. The quantitative estimate of drug-likeness (QED) is 0.416. The Bertz CT molecular complexity index is 627. The summed E-state index contributed by atoms with van der Waals surface area (Å²) < 4.78 is 18.3. The van der Waals surface area contributed by atoms with Crippen LogP contribution in [0.15, 0.2) is 30.3 Å². The average Bonchev–Trinajstić information content (AvgIpc) is 2.62.